The van der Waals surface area contributed by atoms with Crippen LogP contribution in [0.25, 0.3) is 44.2 Å². The molecule has 0 saturated carbocycles. The minimum Gasteiger partial charge on any atom is -0.488 e. The van der Waals surface area contributed by atoms with Gasteiger partial charge in [0.1, 0.15) is 30.0 Å². The molecule has 2 fully saturated rings. The topological polar surface area (TPSA) is 172 Å². The molecule has 3 aliphatic rings. The van der Waals surface area contributed by atoms with Gasteiger partial charge in [-0.3, -0.25) is 14.4 Å². The fraction of sp³-hybridized carbons (Fsp3) is 0.455. The maximum Gasteiger partial charge on any atom is 0.407 e. The van der Waals surface area contributed by atoms with Crippen molar-refractivity contribution in [1.29, 1.82) is 0 Å². The summed E-state index contributed by atoms with van der Waals surface area (Å²) in [6, 6.07) is 13.5. The number of ether oxygens (including phenoxy) is 3. The smallest absolute Gasteiger partial charge is 0.407 e. The molecule has 14 nitrogen and oxygen atoms in total. The molecule has 304 valence electrons. The largest absolute Gasteiger partial charge is 0.488 e. The van der Waals surface area contributed by atoms with E-state index in [9.17, 15) is 19.2 Å². The number of carbonyl (C=O) groups is 4. The number of carbonyl (C=O) groups excluding carboxylic acids is 4. The first kappa shape index (κ1) is 38.9. The highest BCUT2D eigenvalue weighted by Crippen LogP contribution is 2.45. The number of likely N-dealkylation sites (tertiary alicyclic amines) is 2. The van der Waals surface area contributed by atoms with Crippen LogP contribution >= 0.6 is 0 Å². The van der Waals surface area contributed by atoms with E-state index in [1.54, 1.807) is 0 Å². The number of hydrogen-bond donors (Lipinski definition) is 3. The fourth-order valence-corrected chi connectivity index (χ4v) is 8.93. The van der Waals surface area contributed by atoms with Gasteiger partial charge in [0.05, 0.1) is 61.6 Å². The predicted octanol–water partition coefficient (Wildman–Crippen LogP) is 7.21. The molecular weight excluding hydrogens is 739 g/mol. The van der Waals surface area contributed by atoms with Crippen LogP contribution in [0.2, 0.25) is 0 Å². The summed E-state index contributed by atoms with van der Waals surface area (Å²) in [5.41, 5.74) is 6.66. The van der Waals surface area contributed by atoms with Gasteiger partial charge in [0.2, 0.25) is 11.8 Å². The van der Waals surface area contributed by atoms with Crippen LogP contribution in [0.1, 0.15) is 89.1 Å². The average molecular weight is 790 g/mol. The lowest BCUT2D eigenvalue weighted by Crippen LogP contribution is -2.51. The Labute approximate surface area is 337 Å². The number of amides is 3. The van der Waals surface area contributed by atoms with Gasteiger partial charge < -0.3 is 39.3 Å². The second-order valence-corrected chi connectivity index (χ2v) is 16.3. The molecule has 0 unspecified atom stereocenters. The Morgan fingerprint density at radius 2 is 1.55 bits per heavy atom. The van der Waals surface area contributed by atoms with Crippen LogP contribution in [0.15, 0.2) is 48.7 Å². The van der Waals surface area contributed by atoms with Crippen molar-refractivity contribution < 1.29 is 33.4 Å². The van der Waals surface area contributed by atoms with Gasteiger partial charge in [-0.1, -0.05) is 45.9 Å². The standard InChI is InChI=1S/C44H51N7O7/c1-23(2)31(20-36(52)56-5)42(53)50-17-7-9-34(50)40-45-21-33(47-40)25-11-12-27-26(19-25)22-58-39-29(27)14-13-28-30(39)15-16-32-38(28)48-41(46-32)35-10-8-18-51(35)43(54)37(24(3)4)49-44(55)57-6/h11-16,19,21,23-24,31,34-35,37H,7-10,17-18,20,22H2,1-6H3,(H,45,47)(H,46,48)(H,49,55)/t31-,34-,35-,37-/m0/s1. The van der Waals surface area contributed by atoms with E-state index < -0.39 is 18.1 Å². The lowest BCUT2D eigenvalue weighted by Gasteiger charge is -2.29. The average Bonchev–Trinajstić information content (AvgIpc) is 4.06. The van der Waals surface area contributed by atoms with Crippen molar-refractivity contribution in [2.24, 2.45) is 17.8 Å². The summed E-state index contributed by atoms with van der Waals surface area (Å²) < 4.78 is 16.2. The third-order valence-electron chi connectivity index (χ3n) is 12.1. The van der Waals surface area contributed by atoms with E-state index in [2.05, 4.69) is 51.7 Å². The molecule has 14 heteroatoms. The van der Waals surface area contributed by atoms with Crippen LogP contribution < -0.4 is 10.1 Å². The zero-order valence-electron chi connectivity index (χ0n) is 33.9. The molecule has 0 aliphatic carbocycles. The van der Waals surface area contributed by atoms with Gasteiger partial charge in [0, 0.05) is 29.4 Å². The molecule has 5 heterocycles. The van der Waals surface area contributed by atoms with E-state index >= 15 is 0 Å². The third kappa shape index (κ3) is 7.02. The lowest BCUT2D eigenvalue weighted by molar-refractivity contribution is -0.148. The molecule has 0 bridgehead atoms. The number of benzene rings is 3. The molecule has 0 spiro atoms. The summed E-state index contributed by atoms with van der Waals surface area (Å²) in [7, 11) is 2.64. The van der Waals surface area contributed by atoms with Crippen molar-refractivity contribution >= 4 is 45.7 Å². The molecule has 4 atom stereocenters. The number of rotatable bonds is 10. The van der Waals surface area contributed by atoms with Crippen LogP contribution in [-0.2, 0) is 30.5 Å². The van der Waals surface area contributed by atoms with Gasteiger partial charge in [-0.25, -0.2) is 14.8 Å². The van der Waals surface area contributed by atoms with E-state index in [0.717, 1.165) is 92.8 Å². The van der Waals surface area contributed by atoms with E-state index in [1.165, 1.54) is 14.2 Å². The quantitative estimate of drug-likeness (QED) is 0.124. The maximum absolute atomic E-state index is 13.7. The second-order valence-electron chi connectivity index (χ2n) is 16.3. The highest BCUT2D eigenvalue weighted by atomic mass is 16.5. The van der Waals surface area contributed by atoms with Crippen molar-refractivity contribution in [2.75, 3.05) is 27.3 Å². The zero-order valence-corrected chi connectivity index (χ0v) is 33.9. The Balaban J connectivity index is 1.03. The summed E-state index contributed by atoms with van der Waals surface area (Å²) in [5.74, 6) is 1.12. The number of fused-ring (bicyclic) bond motifs is 7. The monoisotopic (exact) mass is 789 g/mol. The molecule has 58 heavy (non-hydrogen) atoms. The van der Waals surface area contributed by atoms with Crippen molar-refractivity contribution in [3.8, 4) is 28.1 Å². The maximum atomic E-state index is 13.7. The molecule has 3 N–H and O–H groups in total. The van der Waals surface area contributed by atoms with Crippen molar-refractivity contribution in [2.45, 2.75) is 84.5 Å². The number of alkyl carbamates (subject to hydrolysis) is 1. The number of imidazole rings is 2. The van der Waals surface area contributed by atoms with Gasteiger partial charge in [0.25, 0.3) is 0 Å². The number of esters is 1. The zero-order chi connectivity index (χ0) is 40.8. The SMILES string of the molecule is COC(=O)C[C@H](C(=O)N1CCC[C@H]1c1ncc(-c2ccc3c(c2)COc2c-3ccc3c2ccc2[nH]c([C@@H]4CCCN4C(=O)[C@@H](NC(=O)OC)C(C)C)nc23)[nH]1)C(C)C. The number of H-pyrrole nitrogens is 2. The Kier molecular flexibility index (Phi) is 10.6. The van der Waals surface area contributed by atoms with E-state index in [-0.39, 0.29) is 48.1 Å². The number of methoxy groups -OCH3 is 2. The first-order valence-corrected chi connectivity index (χ1v) is 20.3. The molecule has 2 aromatic heterocycles. The summed E-state index contributed by atoms with van der Waals surface area (Å²) in [6.45, 7) is 9.32. The van der Waals surface area contributed by atoms with Gasteiger partial charge >= 0.3 is 12.1 Å². The van der Waals surface area contributed by atoms with Crippen LogP contribution in [0, 0.1) is 17.8 Å². The first-order chi connectivity index (χ1) is 28.0. The van der Waals surface area contributed by atoms with Crippen molar-refractivity contribution in [3.63, 3.8) is 0 Å². The molecular formula is C44H51N7O7. The van der Waals surface area contributed by atoms with E-state index in [0.29, 0.717) is 19.7 Å². The Morgan fingerprint density at radius 1 is 0.845 bits per heavy atom. The van der Waals surface area contributed by atoms with Gasteiger partial charge in [0.15, 0.2) is 0 Å². The highest BCUT2D eigenvalue weighted by Gasteiger charge is 2.39. The third-order valence-corrected chi connectivity index (χ3v) is 12.1. The minimum absolute atomic E-state index is 0.00510. The molecule has 8 rings (SSSR count). The van der Waals surface area contributed by atoms with Crippen LogP contribution in [0.3, 0.4) is 0 Å². The number of nitrogens with one attached hydrogen (secondary N) is 3. The van der Waals surface area contributed by atoms with Crippen molar-refractivity contribution in [1.82, 2.24) is 35.1 Å². The molecule has 3 amide bonds. The minimum atomic E-state index is -0.707. The number of aromatic amines is 2. The molecule has 3 aromatic carbocycles. The van der Waals surface area contributed by atoms with Crippen molar-refractivity contribution in [3.05, 3.63) is 65.9 Å². The van der Waals surface area contributed by atoms with Gasteiger partial charge in [-0.05, 0) is 78.5 Å². The predicted molar refractivity (Wildman–Crippen MR) is 217 cm³/mol. The van der Waals surface area contributed by atoms with E-state index in [4.69, 9.17) is 24.2 Å². The lowest BCUT2D eigenvalue weighted by atomic mass is 9.90. The first-order valence-electron chi connectivity index (χ1n) is 20.3. The Bertz CT molecular complexity index is 2400. The molecule has 2 saturated heterocycles. The number of nitrogens with zero attached hydrogens (tertiary/aromatic N) is 4. The summed E-state index contributed by atoms with van der Waals surface area (Å²) in [4.78, 5) is 72.1. The van der Waals surface area contributed by atoms with Gasteiger partial charge in [-0.2, -0.15) is 0 Å². The summed E-state index contributed by atoms with van der Waals surface area (Å²) in [5, 5.41) is 4.63. The number of hydrogen-bond acceptors (Lipinski definition) is 9. The van der Waals surface area contributed by atoms with Crippen LogP contribution in [0.5, 0.6) is 5.75 Å². The normalized spacial score (nSPS) is 18.6. The summed E-state index contributed by atoms with van der Waals surface area (Å²) in [6.07, 6.45) is 4.51. The second kappa shape index (κ2) is 15.8. The van der Waals surface area contributed by atoms with Crippen LogP contribution in [-0.4, -0.2) is 87.0 Å². The highest BCUT2D eigenvalue weighted by molar-refractivity contribution is 6.09. The number of aromatic nitrogens is 4. The molecule has 0 radical (unpaired) electrons. The Morgan fingerprint density at radius 3 is 2.26 bits per heavy atom. The summed E-state index contributed by atoms with van der Waals surface area (Å²) >= 11 is 0. The Hall–Kier alpha value is -5.92. The van der Waals surface area contributed by atoms with Gasteiger partial charge in [-0.15, -0.1) is 0 Å². The fourth-order valence-electron chi connectivity index (χ4n) is 8.93. The molecule has 5 aromatic rings. The molecule has 3 aliphatic heterocycles. The van der Waals surface area contributed by atoms with E-state index in [1.807, 2.05) is 49.8 Å². The van der Waals surface area contributed by atoms with Crippen LogP contribution in [0.4, 0.5) is 4.79 Å².